The van der Waals surface area contributed by atoms with Crippen LogP contribution < -0.4 is 15.0 Å². The van der Waals surface area contributed by atoms with Crippen molar-refractivity contribution in [2.24, 2.45) is 0 Å². The summed E-state index contributed by atoms with van der Waals surface area (Å²) in [5.41, 5.74) is 0.0560. The van der Waals surface area contributed by atoms with Crippen LogP contribution in [-0.4, -0.2) is 27.6 Å². The largest absolute Gasteiger partial charge is 0.488 e. The van der Waals surface area contributed by atoms with Gasteiger partial charge in [0.1, 0.15) is 18.5 Å². The van der Waals surface area contributed by atoms with Crippen LogP contribution in [0.15, 0.2) is 35.3 Å². The summed E-state index contributed by atoms with van der Waals surface area (Å²) in [5, 5.41) is 13.3. The number of halogens is 1. The number of benzene rings is 1. The molecule has 0 fully saturated rings. The lowest BCUT2D eigenvalue weighted by Gasteiger charge is -2.21. The van der Waals surface area contributed by atoms with Crippen molar-refractivity contribution in [1.82, 2.24) is 9.78 Å². The van der Waals surface area contributed by atoms with Gasteiger partial charge in [-0.3, -0.25) is 4.79 Å². The highest BCUT2D eigenvalue weighted by Gasteiger charge is 2.20. The molecule has 0 saturated heterocycles. The van der Waals surface area contributed by atoms with Crippen LogP contribution >= 0.6 is 11.6 Å². The molecule has 7 heteroatoms. The van der Waals surface area contributed by atoms with Crippen LogP contribution in [0.3, 0.4) is 0 Å². The monoisotopic (exact) mass is 380 g/mol. The number of nitrogens with zero attached hydrogens (tertiary/aromatic N) is 2. The molecular weight excluding hydrogens is 356 g/mol. The molecule has 1 aromatic carbocycles. The Morgan fingerprint density at radius 3 is 2.46 bits per heavy atom. The van der Waals surface area contributed by atoms with Gasteiger partial charge < -0.3 is 14.6 Å². The van der Waals surface area contributed by atoms with Crippen molar-refractivity contribution in [3.63, 3.8) is 0 Å². The summed E-state index contributed by atoms with van der Waals surface area (Å²) >= 11 is 6.14. The van der Waals surface area contributed by atoms with Gasteiger partial charge in [0.15, 0.2) is 10.8 Å². The third kappa shape index (κ3) is 4.99. The summed E-state index contributed by atoms with van der Waals surface area (Å²) in [6.45, 7) is 7.81. The third-order valence-corrected chi connectivity index (χ3v) is 4.15. The molecule has 26 heavy (non-hydrogen) atoms. The Balaban J connectivity index is 2.05. The van der Waals surface area contributed by atoms with Crippen LogP contribution in [-0.2, 0) is 12.1 Å². The van der Waals surface area contributed by atoms with Gasteiger partial charge in [-0.2, -0.15) is 5.10 Å². The summed E-state index contributed by atoms with van der Waals surface area (Å²) in [7, 11) is 0. The van der Waals surface area contributed by atoms with Gasteiger partial charge in [0.2, 0.25) is 0 Å². The van der Waals surface area contributed by atoms with E-state index >= 15 is 0 Å². The van der Waals surface area contributed by atoms with Gasteiger partial charge in [-0.05, 0) is 44.9 Å². The average molecular weight is 381 g/mol. The van der Waals surface area contributed by atoms with Gasteiger partial charge >= 0.3 is 0 Å². The first-order valence-electron chi connectivity index (χ1n) is 8.53. The van der Waals surface area contributed by atoms with Crippen molar-refractivity contribution in [2.45, 2.75) is 52.4 Å². The zero-order valence-electron chi connectivity index (χ0n) is 15.5. The van der Waals surface area contributed by atoms with Crippen molar-refractivity contribution in [3.8, 4) is 11.5 Å². The minimum atomic E-state index is -0.458. The molecule has 0 spiro atoms. The number of aromatic nitrogens is 2. The fraction of sp³-hybridized carbons (Fsp3) is 0.474. The molecule has 1 N–H and O–H groups in total. The summed E-state index contributed by atoms with van der Waals surface area (Å²) in [5.74, 6) is 0.936. The van der Waals surface area contributed by atoms with Gasteiger partial charge in [-0.25, -0.2) is 4.68 Å². The smallest absolute Gasteiger partial charge is 0.289 e. The van der Waals surface area contributed by atoms with Crippen LogP contribution in [0.25, 0.3) is 0 Å². The minimum Gasteiger partial charge on any atom is -0.488 e. The zero-order chi connectivity index (χ0) is 19.3. The van der Waals surface area contributed by atoms with E-state index in [2.05, 4.69) is 5.10 Å². The Labute approximate surface area is 158 Å². The molecule has 1 unspecified atom stereocenters. The molecule has 142 valence electrons. The van der Waals surface area contributed by atoms with E-state index in [4.69, 9.17) is 21.1 Å². The fourth-order valence-corrected chi connectivity index (χ4v) is 2.45. The van der Waals surface area contributed by atoms with E-state index in [1.165, 1.54) is 10.9 Å². The third-order valence-electron chi connectivity index (χ3n) is 3.80. The normalized spacial score (nSPS) is 12.7. The maximum absolute atomic E-state index is 12.3. The zero-order valence-corrected chi connectivity index (χ0v) is 16.3. The van der Waals surface area contributed by atoms with E-state index in [0.29, 0.717) is 5.75 Å². The van der Waals surface area contributed by atoms with E-state index in [9.17, 15) is 9.90 Å². The van der Waals surface area contributed by atoms with E-state index in [1.54, 1.807) is 0 Å². The SMILES string of the molecule is CCC(CO)Oc1ccc(COc2cnn(C(C)(C)C)c(=O)c2Cl)cc1. The Kier molecular flexibility index (Phi) is 6.67. The lowest BCUT2D eigenvalue weighted by molar-refractivity contribution is 0.112. The molecule has 1 heterocycles. The van der Waals surface area contributed by atoms with Gasteiger partial charge in [-0.15, -0.1) is 0 Å². The Hall–Kier alpha value is -2.05. The summed E-state index contributed by atoms with van der Waals surface area (Å²) in [6.07, 6.45) is 1.98. The maximum Gasteiger partial charge on any atom is 0.289 e. The van der Waals surface area contributed by atoms with Crippen molar-refractivity contribution in [1.29, 1.82) is 0 Å². The van der Waals surface area contributed by atoms with Crippen LogP contribution in [0.2, 0.25) is 5.02 Å². The number of rotatable bonds is 7. The summed E-state index contributed by atoms with van der Waals surface area (Å²) in [6, 6.07) is 7.34. The molecule has 2 aromatic rings. The van der Waals surface area contributed by atoms with Crippen LogP contribution in [0.4, 0.5) is 0 Å². The van der Waals surface area contributed by atoms with Gasteiger partial charge in [0, 0.05) is 0 Å². The Bertz CT molecular complexity index is 778. The lowest BCUT2D eigenvalue weighted by Crippen LogP contribution is -2.36. The second-order valence-corrected chi connectivity index (χ2v) is 7.35. The second kappa shape index (κ2) is 8.56. The highest BCUT2D eigenvalue weighted by Crippen LogP contribution is 2.22. The van der Waals surface area contributed by atoms with E-state index < -0.39 is 5.54 Å². The fourth-order valence-electron chi connectivity index (χ4n) is 2.26. The molecular formula is C19H25ClN2O4. The van der Waals surface area contributed by atoms with Crippen LogP contribution in [0.5, 0.6) is 11.5 Å². The predicted molar refractivity (Wildman–Crippen MR) is 101 cm³/mol. The van der Waals surface area contributed by atoms with Crippen LogP contribution in [0.1, 0.15) is 39.7 Å². The molecule has 0 radical (unpaired) electrons. The van der Waals surface area contributed by atoms with Crippen molar-refractivity contribution in [2.75, 3.05) is 6.61 Å². The first-order valence-corrected chi connectivity index (χ1v) is 8.91. The molecule has 0 aliphatic heterocycles. The van der Waals surface area contributed by atoms with E-state index in [0.717, 1.165) is 12.0 Å². The predicted octanol–water partition coefficient (Wildman–Crippen LogP) is 3.38. The van der Waals surface area contributed by atoms with Gasteiger partial charge in [-0.1, -0.05) is 30.7 Å². The molecule has 1 atom stereocenters. The van der Waals surface area contributed by atoms with Crippen LogP contribution in [0, 0.1) is 0 Å². The summed E-state index contributed by atoms with van der Waals surface area (Å²) < 4.78 is 12.6. The molecule has 0 aliphatic carbocycles. The minimum absolute atomic E-state index is 0.0172. The molecule has 0 amide bonds. The maximum atomic E-state index is 12.3. The number of hydrogen-bond acceptors (Lipinski definition) is 5. The molecule has 2 rings (SSSR count). The quantitative estimate of drug-likeness (QED) is 0.797. The van der Waals surface area contributed by atoms with E-state index in [1.807, 2.05) is 52.0 Å². The highest BCUT2D eigenvalue weighted by atomic mass is 35.5. The molecule has 0 bridgehead atoms. The molecule has 1 aromatic heterocycles. The van der Waals surface area contributed by atoms with Gasteiger partial charge in [0.05, 0.1) is 18.3 Å². The first-order chi connectivity index (χ1) is 12.3. The highest BCUT2D eigenvalue weighted by molar-refractivity contribution is 6.31. The standard InChI is InChI=1S/C19H25ClN2O4/c1-5-14(11-23)26-15-8-6-13(7-9-15)12-25-16-10-21-22(19(2,3)4)18(24)17(16)20/h6-10,14,23H,5,11-12H2,1-4H3. The topological polar surface area (TPSA) is 73.6 Å². The second-order valence-electron chi connectivity index (χ2n) is 6.97. The van der Waals surface area contributed by atoms with Crippen molar-refractivity contribution >= 4 is 11.6 Å². The Morgan fingerprint density at radius 2 is 1.92 bits per heavy atom. The molecule has 6 nitrogen and oxygen atoms in total. The molecule has 0 aliphatic rings. The number of aliphatic hydroxyl groups excluding tert-OH is 1. The average Bonchev–Trinajstić information content (AvgIpc) is 2.61. The lowest BCUT2D eigenvalue weighted by atomic mass is 10.1. The Morgan fingerprint density at radius 1 is 1.27 bits per heavy atom. The van der Waals surface area contributed by atoms with Crippen molar-refractivity contribution < 1.29 is 14.6 Å². The molecule has 0 saturated carbocycles. The number of aliphatic hydroxyl groups is 1. The van der Waals surface area contributed by atoms with E-state index in [-0.39, 0.29) is 35.6 Å². The van der Waals surface area contributed by atoms with Crippen molar-refractivity contribution in [3.05, 3.63) is 51.4 Å². The summed E-state index contributed by atoms with van der Waals surface area (Å²) in [4.78, 5) is 12.3. The number of ether oxygens (including phenoxy) is 2. The first kappa shape index (κ1) is 20.3. The number of hydrogen-bond donors (Lipinski definition) is 1. The van der Waals surface area contributed by atoms with Gasteiger partial charge in [0.25, 0.3) is 5.56 Å².